The molecule has 0 fully saturated rings. The van der Waals surface area contributed by atoms with Crippen molar-refractivity contribution in [3.63, 3.8) is 0 Å². The molecule has 0 unspecified atom stereocenters. The maximum atomic E-state index is 13.3. The molecule has 0 aromatic heterocycles. The second-order valence-corrected chi connectivity index (χ2v) is 8.00. The first-order valence-electron chi connectivity index (χ1n) is 8.12. The first kappa shape index (κ1) is 21.0. The van der Waals surface area contributed by atoms with Crippen LogP contribution < -0.4 is 14.4 Å². The SMILES string of the molecule is CCOc1ccccc1CNC(=O)CN(c1ccc(F)c(Cl)c1)S(C)(=O)=O. The van der Waals surface area contributed by atoms with Crippen LogP contribution in [0.25, 0.3) is 0 Å². The monoisotopic (exact) mass is 414 g/mol. The van der Waals surface area contributed by atoms with E-state index in [-0.39, 0.29) is 17.3 Å². The minimum absolute atomic E-state index is 0.105. The van der Waals surface area contributed by atoms with Crippen molar-refractivity contribution in [2.75, 3.05) is 23.7 Å². The second-order valence-electron chi connectivity index (χ2n) is 5.69. The summed E-state index contributed by atoms with van der Waals surface area (Å²) in [6.45, 7) is 2.06. The predicted octanol–water partition coefficient (Wildman–Crippen LogP) is 2.96. The molecule has 0 heterocycles. The number of nitrogens with one attached hydrogen (secondary N) is 1. The van der Waals surface area contributed by atoms with Crippen LogP contribution in [-0.2, 0) is 21.4 Å². The van der Waals surface area contributed by atoms with Gasteiger partial charge in [-0.05, 0) is 31.2 Å². The molecule has 0 radical (unpaired) electrons. The van der Waals surface area contributed by atoms with E-state index >= 15 is 0 Å². The van der Waals surface area contributed by atoms with Crippen molar-refractivity contribution in [3.8, 4) is 5.75 Å². The number of carbonyl (C=O) groups is 1. The van der Waals surface area contributed by atoms with Gasteiger partial charge in [0.2, 0.25) is 15.9 Å². The van der Waals surface area contributed by atoms with Crippen molar-refractivity contribution in [2.45, 2.75) is 13.5 Å². The van der Waals surface area contributed by atoms with Crippen LogP contribution in [0.4, 0.5) is 10.1 Å². The van der Waals surface area contributed by atoms with Crippen molar-refractivity contribution in [2.24, 2.45) is 0 Å². The van der Waals surface area contributed by atoms with E-state index in [9.17, 15) is 17.6 Å². The lowest BCUT2D eigenvalue weighted by atomic mass is 10.2. The number of hydrogen-bond donors (Lipinski definition) is 1. The summed E-state index contributed by atoms with van der Waals surface area (Å²) in [4.78, 5) is 12.3. The maximum absolute atomic E-state index is 13.3. The molecule has 146 valence electrons. The van der Waals surface area contributed by atoms with Crippen LogP contribution in [-0.4, -0.2) is 33.7 Å². The Hall–Kier alpha value is -2.32. The summed E-state index contributed by atoms with van der Waals surface area (Å²) in [7, 11) is -3.78. The van der Waals surface area contributed by atoms with Gasteiger partial charge in [0.15, 0.2) is 0 Å². The molecule has 0 saturated carbocycles. The fourth-order valence-corrected chi connectivity index (χ4v) is 3.39. The molecule has 0 aliphatic rings. The highest BCUT2D eigenvalue weighted by Crippen LogP contribution is 2.24. The van der Waals surface area contributed by atoms with Gasteiger partial charge in [-0.3, -0.25) is 9.10 Å². The number of amides is 1. The average molecular weight is 415 g/mol. The molecule has 2 rings (SSSR count). The van der Waals surface area contributed by atoms with Crippen LogP contribution in [0.3, 0.4) is 0 Å². The minimum atomic E-state index is -3.78. The minimum Gasteiger partial charge on any atom is -0.494 e. The van der Waals surface area contributed by atoms with Gasteiger partial charge in [-0.15, -0.1) is 0 Å². The maximum Gasteiger partial charge on any atom is 0.241 e. The van der Waals surface area contributed by atoms with Gasteiger partial charge in [-0.25, -0.2) is 12.8 Å². The van der Waals surface area contributed by atoms with E-state index < -0.39 is 28.3 Å². The van der Waals surface area contributed by atoms with E-state index in [1.165, 1.54) is 6.07 Å². The lowest BCUT2D eigenvalue weighted by molar-refractivity contribution is -0.119. The Morgan fingerprint density at radius 3 is 2.59 bits per heavy atom. The summed E-state index contributed by atoms with van der Waals surface area (Å²) in [5.74, 6) is -0.552. The number of sulfonamides is 1. The fraction of sp³-hybridized carbons (Fsp3) is 0.278. The van der Waals surface area contributed by atoms with Crippen molar-refractivity contribution in [1.82, 2.24) is 5.32 Å². The highest BCUT2D eigenvalue weighted by atomic mass is 35.5. The van der Waals surface area contributed by atoms with Gasteiger partial charge in [0.05, 0.1) is 23.6 Å². The topological polar surface area (TPSA) is 75.7 Å². The Balaban J connectivity index is 2.12. The molecular formula is C18H20ClFN2O4S. The number of halogens is 2. The van der Waals surface area contributed by atoms with E-state index in [4.69, 9.17) is 16.3 Å². The van der Waals surface area contributed by atoms with Gasteiger partial charge in [0, 0.05) is 12.1 Å². The van der Waals surface area contributed by atoms with Gasteiger partial charge in [-0.2, -0.15) is 0 Å². The van der Waals surface area contributed by atoms with Crippen LogP contribution in [0, 0.1) is 5.82 Å². The first-order chi connectivity index (χ1) is 12.7. The summed E-state index contributed by atoms with van der Waals surface area (Å²) in [5.41, 5.74) is 0.872. The molecule has 0 aliphatic heterocycles. The summed E-state index contributed by atoms with van der Waals surface area (Å²) >= 11 is 5.72. The first-order valence-corrected chi connectivity index (χ1v) is 10.3. The van der Waals surface area contributed by atoms with Crippen LogP contribution in [0.5, 0.6) is 5.75 Å². The third kappa shape index (κ3) is 5.83. The molecular weight excluding hydrogens is 395 g/mol. The Morgan fingerprint density at radius 2 is 1.96 bits per heavy atom. The van der Waals surface area contributed by atoms with E-state index in [2.05, 4.69) is 5.32 Å². The molecule has 9 heteroatoms. The highest BCUT2D eigenvalue weighted by Gasteiger charge is 2.21. The summed E-state index contributed by atoms with van der Waals surface area (Å²) in [6.07, 6.45) is 0.960. The van der Waals surface area contributed by atoms with E-state index in [0.717, 1.165) is 28.3 Å². The lowest BCUT2D eigenvalue weighted by Gasteiger charge is -2.22. The zero-order valence-corrected chi connectivity index (χ0v) is 16.5. The van der Waals surface area contributed by atoms with Gasteiger partial charge in [-0.1, -0.05) is 29.8 Å². The number of benzene rings is 2. The van der Waals surface area contributed by atoms with E-state index in [1.807, 2.05) is 19.1 Å². The molecule has 1 N–H and O–H groups in total. The molecule has 6 nitrogen and oxygen atoms in total. The van der Waals surface area contributed by atoms with Crippen molar-refractivity contribution >= 4 is 33.2 Å². The summed E-state index contributed by atoms with van der Waals surface area (Å²) in [6, 6.07) is 10.7. The Bertz CT molecular complexity index is 921. The van der Waals surface area contributed by atoms with Gasteiger partial charge >= 0.3 is 0 Å². The van der Waals surface area contributed by atoms with E-state index in [0.29, 0.717) is 12.4 Å². The standard InChI is InChI=1S/C18H20ClFN2O4S/c1-3-26-17-7-5-4-6-13(17)11-21-18(23)12-22(27(2,24)25)14-8-9-16(20)15(19)10-14/h4-10H,3,11-12H2,1-2H3,(H,21,23). The Morgan fingerprint density at radius 1 is 1.26 bits per heavy atom. The quantitative estimate of drug-likeness (QED) is 0.720. The molecule has 0 atom stereocenters. The van der Waals surface area contributed by atoms with Crippen molar-refractivity contribution in [1.29, 1.82) is 0 Å². The molecule has 0 spiro atoms. The smallest absolute Gasteiger partial charge is 0.241 e. The number of anilines is 1. The Labute approximate surface area is 162 Å². The highest BCUT2D eigenvalue weighted by molar-refractivity contribution is 7.92. The van der Waals surface area contributed by atoms with Crippen LogP contribution in [0.2, 0.25) is 5.02 Å². The zero-order valence-electron chi connectivity index (χ0n) is 14.9. The number of ether oxygens (including phenoxy) is 1. The molecule has 1 amide bonds. The van der Waals surface area contributed by atoms with Crippen LogP contribution in [0.15, 0.2) is 42.5 Å². The normalized spacial score (nSPS) is 11.1. The molecule has 27 heavy (non-hydrogen) atoms. The largest absolute Gasteiger partial charge is 0.494 e. The number of carbonyl (C=O) groups excluding carboxylic acids is 1. The molecule has 0 bridgehead atoms. The van der Waals surface area contributed by atoms with Crippen LogP contribution in [0.1, 0.15) is 12.5 Å². The van der Waals surface area contributed by atoms with Gasteiger partial charge in [0.25, 0.3) is 0 Å². The van der Waals surface area contributed by atoms with E-state index in [1.54, 1.807) is 12.1 Å². The summed E-state index contributed by atoms with van der Waals surface area (Å²) < 4.78 is 43.8. The molecule has 2 aromatic rings. The predicted molar refractivity (Wildman–Crippen MR) is 103 cm³/mol. The third-order valence-electron chi connectivity index (χ3n) is 3.63. The average Bonchev–Trinajstić information content (AvgIpc) is 2.61. The molecule has 0 saturated heterocycles. The fourth-order valence-electron chi connectivity index (χ4n) is 2.37. The zero-order chi connectivity index (χ0) is 20.0. The second kappa shape index (κ2) is 9.05. The number of nitrogens with zero attached hydrogens (tertiary/aromatic N) is 1. The van der Waals surface area contributed by atoms with Gasteiger partial charge < -0.3 is 10.1 Å². The number of para-hydroxylation sites is 1. The number of hydrogen-bond acceptors (Lipinski definition) is 4. The lowest BCUT2D eigenvalue weighted by Crippen LogP contribution is -2.40. The Kier molecular flexibility index (Phi) is 7.04. The number of rotatable bonds is 8. The molecule has 2 aromatic carbocycles. The van der Waals surface area contributed by atoms with Crippen molar-refractivity contribution < 1.29 is 22.3 Å². The van der Waals surface area contributed by atoms with Crippen LogP contribution >= 0.6 is 11.6 Å². The third-order valence-corrected chi connectivity index (χ3v) is 5.06. The van der Waals surface area contributed by atoms with Crippen molar-refractivity contribution in [3.05, 3.63) is 58.9 Å². The summed E-state index contributed by atoms with van der Waals surface area (Å²) in [5, 5.41) is 2.43. The molecule has 0 aliphatic carbocycles. The van der Waals surface area contributed by atoms with Gasteiger partial charge in [0.1, 0.15) is 18.1 Å².